The summed E-state index contributed by atoms with van der Waals surface area (Å²) < 4.78 is 5.15. The number of hydrogen-bond acceptors (Lipinski definition) is 2. The summed E-state index contributed by atoms with van der Waals surface area (Å²) in [5, 5.41) is 0. The highest BCUT2D eigenvalue weighted by atomic mass is 16.5. The predicted molar refractivity (Wildman–Crippen MR) is 142 cm³/mol. The van der Waals surface area contributed by atoms with E-state index in [0.29, 0.717) is 12.5 Å². The van der Waals surface area contributed by atoms with Crippen molar-refractivity contribution in [2.24, 2.45) is 23.7 Å². The maximum Gasteiger partial charge on any atom is 0.308 e. The zero-order valence-electron chi connectivity index (χ0n) is 22.8. The van der Waals surface area contributed by atoms with Crippen molar-refractivity contribution in [1.29, 1.82) is 0 Å². The van der Waals surface area contributed by atoms with E-state index in [9.17, 15) is 4.79 Å². The average Bonchev–Trinajstić information content (AvgIpc) is 2.73. The second-order valence-corrected chi connectivity index (χ2v) is 10.7. The summed E-state index contributed by atoms with van der Waals surface area (Å²) >= 11 is 0. The van der Waals surface area contributed by atoms with E-state index < -0.39 is 0 Å². The molecule has 4 atom stereocenters. The van der Waals surface area contributed by atoms with Gasteiger partial charge in [-0.3, -0.25) is 4.79 Å². The highest BCUT2D eigenvalue weighted by molar-refractivity contribution is 5.71. The first-order valence-electron chi connectivity index (χ1n) is 14.2. The van der Waals surface area contributed by atoms with Crippen LogP contribution in [-0.4, -0.2) is 12.6 Å². The second kappa shape index (κ2) is 22.0. The molecule has 0 aromatic carbocycles. The van der Waals surface area contributed by atoms with Crippen molar-refractivity contribution in [3.63, 3.8) is 0 Å². The Hall–Kier alpha value is -0.790. The Balaban J connectivity index is 3.61. The van der Waals surface area contributed by atoms with E-state index >= 15 is 0 Å². The van der Waals surface area contributed by atoms with Crippen LogP contribution in [0.5, 0.6) is 0 Å². The summed E-state index contributed by atoms with van der Waals surface area (Å²) in [6, 6.07) is 0. The fourth-order valence-electron chi connectivity index (χ4n) is 5.06. The van der Waals surface area contributed by atoms with Crippen molar-refractivity contribution >= 4 is 5.97 Å². The van der Waals surface area contributed by atoms with Crippen molar-refractivity contribution in [1.82, 2.24) is 0 Å². The Labute approximate surface area is 202 Å². The minimum absolute atomic E-state index is 0.0288. The van der Waals surface area contributed by atoms with Crippen LogP contribution in [0.4, 0.5) is 0 Å². The second-order valence-electron chi connectivity index (χ2n) is 10.7. The molecular formula is C30H58O2. The Morgan fingerprint density at radius 2 is 1.16 bits per heavy atom. The molecule has 0 aliphatic rings. The molecule has 0 saturated heterocycles. The van der Waals surface area contributed by atoms with Crippen LogP contribution in [0.15, 0.2) is 12.2 Å². The summed E-state index contributed by atoms with van der Waals surface area (Å²) in [5.74, 6) is 2.15. The lowest BCUT2D eigenvalue weighted by molar-refractivity contribution is -0.148. The van der Waals surface area contributed by atoms with Gasteiger partial charge in [0.2, 0.25) is 0 Å². The molecule has 4 unspecified atom stereocenters. The van der Waals surface area contributed by atoms with Crippen LogP contribution in [0, 0.1) is 23.7 Å². The molecule has 190 valence electrons. The SMILES string of the molecule is CCCCCC/C=C\CCCCCCCCC(C)CC(C)CC(C)CC(C)C(=O)OCC. The number of rotatable bonds is 22. The summed E-state index contributed by atoms with van der Waals surface area (Å²) in [7, 11) is 0. The van der Waals surface area contributed by atoms with E-state index in [0.717, 1.165) is 18.3 Å². The Kier molecular flexibility index (Phi) is 21.5. The molecule has 0 spiro atoms. The monoisotopic (exact) mass is 450 g/mol. The number of ether oxygens (including phenoxy) is 1. The third kappa shape index (κ3) is 19.9. The number of unbranched alkanes of at least 4 members (excludes halogenated alkanes) is 10. The zero-order valence-corrected chi connectivity index (χ0v) is 22.8. The molecule has 0 N–H and O–H groups in total. The van der Waals surface area contributed by atoms with Crippen molar-refractivity contribution in [3.8, 4) is 0 Å². The Morgan fingerprint density at radius 3 is 1.75 bits per heavy atom. The van der Waals surface area contributed by atoms with Gasteiger partial charge in [0.15, 0.2) is 0 Å². The van der Waals surface area contributed by atoms with Crippen LogP contribution >= 0.6 is 0 Å². The lowest BCUT2D eigenvalue weighted by Crippen LogP contribution is -2.18. The number of hydrogen-bond donors (Lipinski definition) is 0. The standard InChI is InChI=1S/C30H58O2/c1-7-9-10-11-12-13-14-15-16-17-18-19-20-21-22-26(3)23-27(4)24-28(5)25-29(6)30(31)32-8-2/h13-14,26-29H,7-12,15-25H2,1-6H3/b14-13-. The summed E-state index contributed by atoms with van der Waals surface area (Å²) in [6.07, 6.45) is 26.1. The van der Waals surface area contributed by atoms with E-state index in [1.54, 1.807) is 0 Å². The molecule has 0 fully saturated rings. The molecule has 32 heavy (non-hydrogen) atoms. The molecule has 0 bridgehead atoms. The molecule has 2 heteroatoms. The van der Waals surface area contributed by atoms with Crippen molar-refractivity contribution in [2.45, 2.75) is 144 Å². The Morgan fingerprint density at radius 1 is 0.656 bits per heavy atom. The fourth-order valence-corrected chi connectivity index (χ4v) is 5.06. The maximum atomic E-state index is 11.8. The molecule has 0 aromatic heterocycles. The number of carbonyl (C=O) groups excluding carboxylic acids is 1. The largest absolute Gasteiger partial charge is 0.466 e. The van der Waals surface area contributed by atoms with Gasteiger partial charge in [-0.05, 0) is 69.6 Å². The highest BCUT2D eigenvalue weighted by Gasteiger charge is 2.19. The maximum absolute atomic E-state index is 11.8. The van der Waals surface area contributed by atoms with Gasteiger partial charge in [-0.25, -0.2) is 0 Å². The fraction of sp³-hybridized carbons (Fsp3) is 0.900. The minimum Gasteiger partial charge on any atom is -0.466 e. The van der Waals surface area contributed by atoms with Gasteiger partial charge in [0.05, 0.1) is 12.5 Å². The van der Waals surface area contributed by atoms with Gasteiger partial charge in [0.1, 0.15) is 0 Å². The van der Waals surface area contributed by atoms with Crippen LogP contribution in [-0.2, 0) is 9.53 Å². The van der Waals surface area contributed by atoms with E-state index in [4.69, 9.17) is 4.74 Å². The van der Waals surface area contributed by atoms with Gasteiger partial charge in [0, 0.05) is 0 Å². The normalized spacial score (nSPS) is 15.6. The van der Waals surface area contributed by atoms with Crippen LogP contribution < -0.4 is 0 Å². The van der Waals surface area contributed by atoms with Gasteiger partial charge in [-0.2, -0.15) is 0 Å². The van der Waals surface area contributed by atoms with Crippen LogP contribution in [0.2, 0.25) is 0 Å². The van der Waals surface area contributed by atoms with Gasteiger partial charge in [0.25, 0.3) is 0 Å². The smallest absolute Gasteiger partial charge is 0.308 e. The zero-order chi connectivity index (χ0) is 24.0. The topological polar surface area (TPSA) is 26.3 Å². The summed E-state index contributed by atoms with van der Waals surface area (Å²) in [6.45, 7) is 13.8. The van der Waals surface area contributed by atoms with Crippen LogP contribution in [0.25, 0.3) is 0 Å². The quantitative estimate of drug-likeness (QED) is 0.0931. The predicted octanol–water partition coefficient (Wildman–Crippen LogP) is 9.91. The number of allylic oxidation sites excluding steroid dienone is 2. The highest BCUT2D eigenvalue weighted by Crippen LogP contribution is 2.26. The molecule has 0 saturated carbocycles. The van der Waals surface area contributed by atoms with Gasteiger partial charge in [-0.1, -0.05) is 105 Å². The first kappa shape index (κ1) is 31.2. The lowest BCUT2D eigenvalue weighted by atomic mass is 9.84. The minimum atomic E-state index is -0.0327. The third-order valence-electron chi connectivity index (χ3n) is 6.76. The Bertz CT molecular complexity index is 442. The molecule has 0 amide bonds. The number of esters is 1. The van der Waals surface area contributed by atoms with Crippen LogP contribution in [0.1, 0.15) is 144 Å². The molecule has 0 rings (SSSR count). The average molecular weight is 451 g/mol. The summed E-state index contributed by atoms with van der Waals surface area (Å²) in [4.78, 5) is 11.8. The van der Waals surface area contributed by atoms with Gasteiger partial charge < -0.3 is 4.74 Å². The molecule has 2 nitrogen and oxygen atoms in total. The lowest BCUT2D eigenvalue weighted by Gasteiger charge is -2.22. The molecule has 0 aromatic rings. The van der Waals surface area contributed by atoms with Crippen molar-refractivity contribution in [2.75, 3.05) is 6.61 Å². The van der Waals surface area contributed by atoms with Crippen molar-refractivity contribution in [3.05, 3.63) is 12.2 Å². The third-order valence-corrected chi connectivity index (χ3v) is 6.76. The number of carbonyl (C=O) groups is 1. The summed E-state index contributed by atoms with van der Waals surface area (Å²) in [5.41, 5.74) is 0. The molecule has 0 radical (unpaired) electrons. The molecule has 0 aliphatic heterocycles. The van der Waals surface area contributed by atoms with Crippen LogP contribution in [0.3, 0.4) is 0 Å². The van der Waals surface area contributed by atoms with Gasteiger partial charge >= 0.3 is 5.97 Å². The molecular weight excluding hydrogens is 392 g/mol. The first-order valence-corrected chi connectivity index (χ1v) is 14.2. The molecule has 0 heterocycles. The first-order chi connectivity index (χ1) is 15.4. The van der Waals surface area contributed by atoms with E-state index in [2.05, 4.69) is 39.8 Å². The van der Waals surface area contributed by atoms with Crippen molar-refractivity contribution < 1.29 is 9.53 Å². The van der Waals surface area contributed by atoms with E-state index in [1.165, 1.54) is 96.3 Å². The van der Waals surface area contributed by atoms with E-state index in [-0.39, 0.29) is 11.9 Å². The molecule has 0 aliphatic carbocycles. The van der Waals surface area contributed by atoms with E-state index in [1.807, 2.05) is 13.8 Å². The van der Waals surface area contributed by atoms with Gasteiger partial charge in [-0.15, -0.1) is 0 Å².